The smallest absolute Gasteiger partial charge is 0.406 e. The van der Waals surface area contributed by atoms with Gasteiger partial charge in [-0.05, 0) is 49.1 Å². The van der Waals surface area contributed by atoms with Gasteiger partial charge >= 0.3 is 6.36 Å². The van der Waals surface area contributed by atoms with Crippen LogP contribution in [0.2, 0.25) is 0 Å². The van der Waals surface area contributed by atoms with Crippen LogP contribution in [0.15, 0.2) is 41.3 Å². The zero-order valence-electron chi connectivity index (χ0n) is 14.0. The van der Waals surface area contributed by atoms with Crippen molar-refractivity contribution >= 4 is 5.91 Å². The van der Waals surface area contributed by atoms with Gasteiger partial charge < -0.3 is 14.6 Å². The highest BCUT2D eigenvalue weighted by Crippen LogP contribution is 2.33. The number of benzene rings is 1. The zero-order chi connectivity index (χ0) is 18.9. The summed E-state index contributed by atoms with van der Waals surface area (Å²) in [5, 5.41) is 2.64. The number of aryl methyl sites for hydroxylation is 1. The molecule has 0 saturated heterocycles. The summed E-state index contributed by atoms with van der Waals surface area (Å²) in [7, 11) is 0. The second kappa shape index (κ2) is 6.86. The van der Waals surface area contributed by atoms with E-state index in [0.29, 0.717) is 11.1 Å². The number of halogens is 3. The average molecular weight is 366 g/mol. The number of ether oxygens (including phenoxy) is 1. The third kappa shape index (κ3) is 4.25. The maximum atomic E-state index is 12.5. The van der Waals surface area contributed by atoms with Gasteiger partial charge in [0.15, 0.2) is 0 Å². The van der Waals surface area contributed by atoms with E-state index in [9.17, 15) is 22.8 Å². The van der Waals surface area contributed by atoms with E-state index in [1.54, 1.807) is 23.8 Å². The van der Waals surface area contributed by atoms with Gasteiger partial charge in [0.1, 0.15) is 11.3 Å². The van der Waals surface area contributed by atoms with Gasteiger partial charge in [0.2, 0.25) is 0 Å². The van der Waals surface area contributed by atoms with Crippen LogP contribution in [0, 0.1) is 6.92 Å². The lowest BCUT2D eigenvalue weighted by Crippen LogP contribution is -2.33. The van der Waals surface area contributed by atoms with Crippen molar-refractivity contribution < 1.29 is 22.7 Å². The normalized spacial score (nSPS) is 14.2. The first-order valence-electron chi connectivity index (χ1n) is 8.09. The quantitative estimate of drug-likeness (QED) is 0.883. The summed E-state index contributed by atoms with van der Waals surface area (Å²) < 4.78 is 41.8. The summed E-state index contributed by atoms with van der Waals surface area (Å²) in [6.45, 7) is 1.78. The number of hydrogen-bond donors (Lipinski definition) is 1. The predicted molar refractivity (Wildman–Crippen MR) is 88.0 cm³/mol. The number of carbonyl (C=O) groups excluding carboxylic acids is 1. The number of aromatic nitrogens is 1. The minimum Gasteiger partial charge on any atom is -0.406 e. The van der Waals surface area contributed by atoms with E-state index in [-0.39, 0.29) is 29.5 Å². The number of rotatable bonds is 5. The molecule has 0 spiro atoms. The van der Waals surface area contributed by atoms with E-state index in [4.69, 9.17) is 0 Å². The summed E-state index contributed by atoms with van der Waals surface area (Å²) in [4.78, 5) is 24.9. The Morgan fingerprint density at radius 3 is 2.46 bits per heavy atom. The van der Waals surface area contributed by atoms with Crippen LogP contribution in [0.3, 0.4) is 0 Å². The van der Waals surface area contributed by atoms with Gasteiger partial charge in [-0.3, -0.25) is 9.59 Å². The van der Waals surface area contributed by atoms with Crippen LogP contribution in [0.25, 0.3) is 0 Å². The van der Waals surface area contributed by atoms with Gasteiger partial charge in [0.25, 0.3) is 11.5 Å². The highest BCUT2D eigenvalue weighted by atomic mass is 19.4. The van der Waals surface area contributed by atoms with Crippen LogP contribution >= 0.6 is 0 Å². The molecule has 0 unspecified atom stereocenters. The average Bonchev–Trinajstić information content (AvgIpc) is 3.38. The molecule has 5 nitrogen and oxygen atoms in total. The van der Waals surface area contributed by atoms with Crippen molar-refractivity contribution in [2.75, 3.05) is 0 Å². The molecule has 0 radical (unpaired) electrons. The fourth-order valence-corrected chi connectivity index (χ4v) is 2.64. The van der Waals surface area contributed by atoms with Crippen LogP contribution in [0.1, 0.15) is 40.4 Å². The van der Waals surface area contributed by atoms with Crippen molar-refractivity contribution in [3.05, 3.63) is 63.6 Å². The van der Waals surface area contributed by atoms with Crippen LogP contribution < -0.4 is 15.6 Å². The molecule has 1 N–H and O–H groups in total. The molecule has 3 rings (SSSR count). The predicted octanol–water partition coefficient (Wildman–Crippen LogP) is 3.32. The zero-order valence-corrected chi connectivity index (χ0v) is 14.0. The van der Waals surface area contributed by atoms with E-state index in [0.717, 1.165) is 12.8 Å². The second-order valence-corrected chi connectivity index (χ2v) is 6.19. The van der Waals surface area contributed by atoms with Crippen molar-refractivity contribution in [2.45, 2.75) is 38.7 Å². The minimum absolute atomic E-state index is 0.0856. The lowest BCUT2D eigenvalue weighted by atomic mass is 10.1. The van der Waals surface area contributed by atoms with E-state index < -0.39 is 12.3 Å². The molecule has 2 aromatic rings. The Morgan fingerprint density at radius 1 is 1.23 bits per heavy atom. The largest absolute Gasteiger partial charge is 0.573 e. The Balaban J connectivity index is 1.68. The number of carbonyl (C=O) groups is 1. The Bertz CT molecular complexity index is 869. The molecular weight excluding hydrogens is 349 g/mol. The van der Waals surface area contributed by atoms with Crippen LogP contribution in [0.5, 0.6) is 5.75 Å². The first kappa shape index (κ1) is 18.0. The lowest BCUT2D eigenvalue weighted by Gasteiger charge is -2.11. The molecule has 1 aromatic carbocycles. The Kier molecular flexibility index (Phi) is 4.76. The summed E-state index contributed by atoms with van der Waals surface area (Å²) in [6.07, 6.45) is -1.19. The first-order valence-corrected chi connectivity index (χ1v) is 8.09. The highest BCUT2D eigenvalue weighted by molar-refractivity contribution is 5.95. The van der Waals surface area contributed by atoms with Crippen molar-refractivity contribution in [3.63, 3.8) is 0 Å². The Morgan fingerprint density at radius 2 is 1.88 bits per heavy atom. The van der Waals surface area contributed by atoms with E-state index in [2.05, 4.69) is 10.1 Å². The maximum absolute atomic E-state index is 12.5. The number of alkyl halides is 3. The Hall–Kier alpha value is -2.77. The molecule has 1 heterocycles. The third-order valence-electron chi connectivity index (χ3n) is 4.11. The molecule has 1 aliphatic carbocycles. The molecule has 0 atom stereocenters. The number of pyridine rings is 1. The number of amides is 1. The van der Waals surface area contributed by atoms with Crippen LogP contribution in [-0.2, 0) is 6.54 Å². The molecule has 1 aliphatic rings. The summed E-state index contributed by atoms with van der Waals surface area (Å²) in [5.41, 5.74) is 0.942. The van der Waals surface area contributed by atoms with Gasteiger partial charge in [-0.25, -0.2) is 0 Å². The second-order valence-electron chi connectivity index (χ2n) is 6.19. The lowest BCUT2D eigenvalue weighted by molar-refractivity contribution is -0.274. The maximum Gasteiger partial charge on any atom is 0.573 e. The molecule has 26 heavy (non-hydrogen) atoms. The van der Waals surface area contributed by atoms with E-state index >= 15 is 0 Å². The molecule has 8 heteroatoms. The van der Waals surface area contributed by atoms with Gasteiger partial charge in [0, 0.05) is 18.8 Å². The fraction of sp³-hybridized carbons (Fsp3) is 0.333. The molecule has 1 saturated carbocycles. The minimum atomic E-state index is -4.75. The third-order valence-corrected chi connectivity index (χ3v) is 4.11. The van der Waals surface area contributed by atoms with Crippen LogP contribution in [0.4, 0.5) is 13.2 Å². The highest BCUT2D eigenvalue weighted by Gasteiger charge is 2.31. The SMILES string of the molecule is Cc1ccn(C2CC2)c(=O)c1C(=O)NCc1ccc(OC(F)(F)F)cc1. The van der Waals surface area contributed by atoms with E-state index in [1.807, 2.05) is 0 Å². The molecular formula is C18H17F3N2O3. The standard InChI is InChI=1S/C18H17F3N2O3/c1-11-8-9-23(13-4-5-13)17(25)15(11)16(24)22-10-12-2-6-14(7-3-12)26-18(19,20)21/h2-3,6-9,13H,4-5,10H2,1H3,(H,22,24). The molecule has 0 aliphatic heterocycles. The van der Waals surface area contributed by atoms with Gasteiger partial charge in [-0.15, -0.1) is 13.2 Å². The topological polar surface area (TPSA) is 60.3 Å². The first-order chi connectivity index (χ1) is 12.2. The van der Waals surface area contributed by atoms with Gasteiger partial charge in [-0.1, -0.05) is 12.1 Å². The number of nitrogens with one attached hydrogen (secondary N) is 1. The van der Waals surface area contributed by atoms with Crippen molar-refractivity contribution in [1.82, 2.24) is 9.88 Å². The Labute approximate surface area is 147 Å². The molecule has 1 fully saturated rings. The summed E-state index contributed by atoms with van der Waals surface area (Å²) in [6, 6.07) is 7.07. The van der Waals surface area contributed by atoms with Gasteiger partial charge in [0.05, 0.1) is 0 Å². The monoisotopic (exact) mass is 366 g/mol. The molecule has 138 valence electrons. The number of hydrogen-bond acceptors (Lipinski definition) is 3. The fourth-order valence-electron chi connectivity index (χ4n) is 2.64. The molecule has 1 aromatic heterocycles. The summed E-state index contributed by atoms with van der Waals surface area (Å²) in [5.74, 6) is -0.836. The van der Waals surface area contributed by atoms with Crippen molar-refractivity contribution in [1.29, 1.82) is 0 Å². The van der Waals surface area contributed by atoms with Crippen molar-refractivity contribution in [2.24, 2.45) is 0 Å². The molecule has 1 amide bonds. The van der Waals surface area contributed by atoms with Crippen LogP contribution in [-0.4, -0.2) is 16.8 Å². The summed E-state index contributed by atoms with van der Waals surface area (Å²) >= 11 is 0. The van der Waals surface area contributed by atoms with Crippen molar-refractivity contribution in [3.8, 4) is 5.75 Å². The van der Waals surface area contributed by atoms with E-state index in [1.165, 1.54) is 24.3 Å². The van der Waals surface area contributed by atoms with Gasteiger partial charge in [-0.2, -0.15) is 0 Å². The molecule has 0 bridgehead atoms. The number of nitrogens with zero attached hydrogens (tertiary/aromatic N) is 1.